The van der Waals surface area contributed by atoms with Crippen LogP contribution in [0.4, 0.5) is 26.3 Å². The van der Waals surface area contributed by atoms with Crippen molar-refractivity contribution in [1.82, 2.24) is 0 Å². The van der Waals surface area contributed by atoms with E-state index in [2.05, 4.69) is 0 Å². The summed E-state index contributed by atoms with van der Waals surface area (Å²) in [6.07, 6.45) is 0. The molecule has 644 valence electrons. The maximum absolute atomic E-state index is 16.7. The Balaban J connectivity index is 0.000000358. The number of hydrogen-bond acceptors (Lipinski definition) is 4. The molecule has 2 heterocycles. The van der Waals surface area contributed by atoms with Gasteiger partial charge in [-0.2, -0.15) is 26.3 Å². The summed E-state index contributed by atoms with van der Waals surface area (Å²) >= 11 is 24.1. The molecule has 1 aliphatic rings. The minimum atomic E-state index is -5.75. The molecule has 7 rings (SSSR count). The molecule has 0 unspecified atom stereocenters. The van der Waals surface area contributed by atoms with Crippen LogP contribution < -0.4 is 0 Å². The molecule has 4 aromatic carbocycles. The summed E-state index contributed by atoms with van der Waals surface area (Å²) in [6, 6.07) is 30.0. The smallest absolute Gasteiger partial charge is 0.194 e. The van der Waals surface area contributed by atoms with Gasteiger partial charge in [-0.3, -0.25) is 0 Å². The SMILES string of the molecule is CC(C)(C)c1ccc(-c2sc(-c3ccc(Cl)cc3)cc2C2=C(c3cc(-c4ccc(Cl)cc4)sc3-c3ccc(C(C)(C)C)cc3)C(F)(F)C(F)(F)C2(F)F)cc1.S=S=S=S=S=S=S=S=S=S=S=S=S=S=S=S=S=S=S=S=S=S=S=S=S=S=S=S=S=S=S=S=S=S=S=S=S=S=S=S=S=S=S=S=S=S=S=S=S=S=S=S=S=S=S=S=S=S=S=S. The minimum absolute atomic E-state index is 0.162. The van der Waals surface area contributed by atoms with Crippen LogP contribution in [0, 0.1) is 0 Å². The van der Waals surface area contributed by atoms with Crippen molar-refractivity contribution in [3.63, 3.8) is 0 Å². The molecule has 0 N–H and O–H groups in total. The van der Waals surface area contributed by atoms with E-state index in [0.717, 1.165) is 33.8 Å². The first-order chi connectivity index (χ1) is 55.5. The monoisotopic (exact) mass is 2740 g/mol. The lowest BCUT2D eigenvalue weighted by atomic mass is 9.86. The third kappa shape index (κ3) is 45.3. The number of rotatable bonds is 6. The topological polar surface area (TPSA) is 0 Å². The summed E-state index contributed by atoms with van der Waals surface area (Å²) in [5.74, 6) is -16.3. The van der Waals surface area contributed by atoms with Crippen LogP contribution in [0.5, 0.6) is 0 Å². The molecule has 0 saturated heterocycles. The molecule has 0 nitrogen and oxygen atoms in total. The third-order valence-electron chi connectivity index (χ3n) is 11.5. The molecule has 115 heavy (non-hydrogen) atoms. The molecular formula is C45H36Cl2F6S62. The predicted molar refractivity (Wildman–Crippen MR) is 661 cm³/mol. The van der Waals surface area contributed by atoms with Crippen molar-refractivity contribution in [2.45, 2.75) is 70.1 Å². The summed E-state index contributed by atoms with van der Waals surface area (Å²) in [5.41, 5.74) is -0.170. The van der Waals surface area contributed by atoms with Gasteiger partial charge < -0.3 is 0 Å². The summed E-state index contributed by atoms with van der Waals surface area (Å²) in [7, 11) is 104. The van der Waals surface area contributed by atoms with Gasteiger partial charge in [0.1, 0.15) is 0 Å². The zero-order valence-corrected chi connectivity index (χ0v) is 107. The molecule has 0 aliphatic heterocycles. The van der Waals surface area contributed by atoms with Crippen molar-refractivity contribution in [2.75, 3.05) is 0 Å². The van der Waals surface area contributed by atoms with Crippen LogP contribution in [0.25, 0.3) is 52.9 Å². The van der Waals surface area contributed by atoms with Crippen LogP contribution in [0.15, 0.2) is 109 Å². The Bertz CT molecular complexity index is 7230. The lowest BCUT2D eigenvalue weighted by Gasteiger charge is -2.26. The van der Waals surface area contributed by atoms with E-state index in [9.17, 15) is 0 Å². The van der Waals surface area contributed by atoms with Gasteiger partial charge in [0.15, 0.2) is 0 Å². The second kappa shape index (κ2) is 67.6. The van der Waals surface area contributed by atoms with Crippen LogP contribution in [-0.2, 0) is 548 Å². The van der Waals surface area contributed by atoms with E-state index in [0.29, 0.717) is 42.1 Å². The highest BCUT2D eigenvalue weighted by Gasteiger charge is 2.80. The van der Waals surface area contributed by atoms with Crippen molar-refractivity contribution in [2.24, 2.45) is 0 Å². The molecule has 0 saturated carbocycles. The fourth-order valence-electron chi connectivity index (χ4n) is 7.41. The number of allylic oxidation sites excluding steroid dienone is 2. The highest BCUT2D eigenvalue weighted by Crippen LogP contribution is 2.67. The van der Waals surface area contributed by atoms with Crippen LogP contribution >= 0.6 is 45.9 Å². The molecule has 1 aliphatic carbocycles. The number of alkyl halides is 6. The van der Waals surface area contributed by atoms with Gasteiger partial charge in [-0.15, -0.1) is 22.7 Å². The fourth-order valence-corrected chi connectivity index (χ4v) is 164. The van der Waals surface area contributed by atoms with E-state index in [4.69, 9.17) is 45.6 Å². The summed E-state index contributed by atoms with van der Waals surface area (Å²) in [4.78, 5) is 1.17. The highest BCUT2D eigenvalue weighted by atomic mass is 35.5. The Labute approximate surface area is 854 Å². The van der Waals surface area contributed by atoms with Crippen molar-refractivity contribution < 1.29 is 26.3 Å². The summed E-state index contributed by atoms with van der Waals surface area (Å²) in [5, 5.41) is 0.865. The zero-order valence-electron chi connectivity index (χ0n) is 55.2. The van der Waals surface area contributed by atoms with Crippen molar-refractivity contribution >= 4 is 594 Å². The number of benzene rings is 4. The highest BCUT2D eigenvalue weighted by molar-refractivity contribution is 8.83. The quantitative estimate of drug-likeness (QED) is 0.152. The van der Waals surface area contributed by atoms with Crippen molar-refractivity contribution in [3.05, 3.63) is 141 Å². The van der Waals surface area contributed by atoms with E-state index in [1.165, 1.54) is 29.9 Å². The Morgan fingerprint density at radius 1 is 0.252 bits per heavy atom. The predicted octanol–water partition coefficient (Wildman–Crippen LogP) is 16.1. The fraction of sp³-hybridized carbons (Fsp3) is 0.244. The maximum atomic E-state index is 16.7. The second-order valence-electron chi connectivity index (χ2n) is 19.8. The Morgan fingerprint density at radius 2 is 0.417 bits per heavy atom. The van der Waals surface area contributed by atoms with E-state index in [-0.39, 0.29) is 31.7 Å². The average molecular weight is 2750 g/mol. The molecule has 0 bridgehead atoms. The number of hydrogen-bond donors (Lipinski definition) is 0. The standard InChI is InChI=1S/C45H36Cl2F6S2.S60/c1-41(2,3)29-15-7-27(8-16-29)39-33(23-35(54-39)25-11-19-31(46)20-12-25)37-38(44(50,51)45(52,53)43(37,48)49)34-24-36(26-13-21-32(47)22-14-26)55-40(34)28-9-17-30(18-10-28)42(4,5)6;1-3-5-7-9-11-13-15-17-19-21-23-25-27-29-31-33-35-37-39-41-43-45-47-49-51-53-55-57-59-60-58-56-54-52-50-48-46-44-42-40-38-36-34-32-30-28-26-24-22-20-18-16-14-12-10-8-6-4-2/h7-24H,1-6H3;. The first-order valence-electron chi connectivity index (χ1n) is 27.4. The zero-order chi connectivity index (χ0) is 82.9. The van der Waals surface area contributed by atoms with Gasteiger partial charge in [0, 0.05) is 589 Å². The maximum Gasteiger partial charge on any atom is 0.380 e. The van der Waals surface area contributed by atoms with Gasteiger partial charge in [0.2, 0.25) is 0 Å². The largest absolute Gasteiger partial charge is 0.380 e. The molecule has 70 heteroatoms. The van der Waals surface area contributed by atoms with Gasteiger partial charge >= 0.3 is 17.8 Å². The molecular weight excluding hydrogens is 2710 g/mol. The van der Waals surface area contributed by atoms with Crippen molar-refractivity contribution in [3.8, 4) is 41.8 Å². The van der Waals surface area contributed by atoms with Gasteiger partial charge in [-0.1, -0.05) is 138 Å². The van der Waals surface area contributed by atoms with Crippen molar-refractivity contribution in [1.29, 1.82) is 0 Å². The molecule has 0 atom stereocenters. The van der Waals surface area contributed by atoms with Gasteiger partial charge in [-0.05, 0) is 80.6 Å². The second-order valence-corrected chi connectivity index (χ2v) is 125. The van der Waals surface area contributed by atoms with Gasteiger partial charge in [-0.25, -0.2) is 0 Å². The summed E-state index contributed by atoms with van der Waals surface area (Å²) < 4.78 is 98.6. The number of halogens is 8. The molecule has 0 spiro atoms. The van der Waals surface area contributed by atoms with E-state index < -0.39 is 28.9 Å². The van der Waals surface area contributed by atoms with Crippen LogP contribution in [0.1, 0.15) is 63.8 Å². The van der Waals surface area contributed by atoms with E-state index in [1.807, 2.05) is 457 Å². The van der Waals surface area contributed by atoms with Gasteiger partial charge in [0.25, 0.3) is 0 Å². The molecule has 2 aromatic heterocycles. The van der Waals surface area contributed by atoms with Crippen LogP contribution in [0.3, 0.4) is 0 Å². The summed E-state index contributed by atoms with van der Waals surface area (Å²) in [6.45, 7) is 12.1. The van der Waals surface area contributed by atoms with E-state index >= 15 is 26.3 Å². The van der Waals surface area contributed by atoms with Crippen LogP contribution in [-0.4, -0.2) is 17.8 Å². The number of thiophene rings is 2. The van der Waals surface area contributed by atoms with E-state index in [1.54, 1.807) is 179 Å². The van der Waals surface area contributed by atoms with Gasteiger partial charge in [0.05, 0.1) is 0 Å². The molecule has 0 radical (unpaired) electrons. The average Bonchev–Trinajstić information content (AvgIpc) is 1.52. The Morgan fingerprint density at radius 3 is 0.583 bits per heavy atom. The molecule has 6 aromatic rings. The molecule has 0 fully saturated rings. The minimum Gasteiger partial charge on any atom is -0.194 e. The first kappa shape index (κ1) is 113. The normalized spacial score (nSPS) is 12.0. The lowest BCUT2D eigenvalue weighted by Crippen LogP contribution is -2.48. The molecule has 0 amide bonds. The third-order valence-corrected chi connectivity index (χ3v) is 141. The first-order valence-corrected chi connectivity index (χ1v) is 108. The Kier molecular flexibility index (Phi) is 66.5. The lowest BCUT2D eigenvalue weighted by molar-refractivity contribution is -0.254. The Hall–Kier alpha value is 9.38. The van der Waals surface area contributed by atoms with Crippen LogP contribution in [0.2, 0.25) is 10.0 Å².